The van der Waals surface area contributed by atoms with Crippen LogP contribution in [0.1, 0.15) is 16.8 Å². The van der Waals surface area contributed by atoms with Crippen molar-refractivity contribution in [2.24, 2.45) is 0 Å². The van der Waals surface area contributed by atoms with Crippen LogP contribution in [0.5, 0.6) is 0 Å². The van der Waals surface area contributed by atoms with Crippen molar-refractivity contribution in [1.82, 2.24) is 9.97 Å². The highest BCUT2D eigenvalue weighted by atomic mass is 14.9. The second-order valence-corrected chi connectivity index (χ2v) is 6.37. The standard InChI is InChI=1S/C21H21N3/c1-14-7-8-20-18(11-14)21(12-15(2)24-20)22-10-9-16-13-23-19-6-4-3-5-17(16)19/h3-8,11-13,23H,9-10H2,1-2H3,(H,22,24). The van der Waals surface area contributed by atoms with Crippen molar-refractivity contribution in [1.29, 1.82) is 0 Å². The predicted molar refractivity (Wildman–Crippen MR) is 102 cm³/mol. The molecule has 0 fully saturated rings. The van der Waals surface area contributed by atoms with Crippen molar-refractivity contribution in [2.45, 2.75) is 20.3 Å². The molecule has 2 aromatic carbocycles. The second kappa shape index (κ2) is 6.00. The lowest BCUT2D eigenvalue weighted by atomic mass is 10.1. The molecule has 2 heterocycles. The highest BCUT2D eigenvalue weighted by Gasteiger charge is 2.06. The topological polar surface area (TPSA) is 40.7 Å². The Bertz CT molecular complexity index is 1010. The summed E-state index contributed by atoms with van der Waals surface area (Å²) in [5, 5.41) is 6.11. The van der Waals surface area contributed by atoms with E-state index in [-0.39, 0.29) is 0 Å². The van der Waals surface area contributed by atoms with Crippen LogP contribution >= 0.6 is 0 Å². The number of hydrogen-bond donors (Lipinski definition) is 2. The molecule has 4 aromatic rings. The summed E-state index contributed by atoms with van der Waals surface area (Å²) >= 11 is 0. The largest absolute Gasteiger partial charge is 0.384 e. The number of aromatic amines is 1. The minimum Gasteiger partial charge on any atom is -0.384 e. The van der Waals surface area contributed by atoms with E-state index in [0.717, 1.165) is 24.2 Å². The van der Waals surface area contributed by atoms with E-state index in [1.165, 1.54) is 33.1 Å². The van der Waals surface area contributed by atoms with E-state index in [2.05, 4.69) is 76.9 Å². The molecule has 2 N–H and O–H groups in total. The summed E-state index contributed by atoms with van der Waals surface area (Å²) in [4.78, 5) is 7.98. The molecule has 0 aliphatic heterocycles. The summed E-state index contributed by atoms with van der Waals surface area (Å²) in [5.74, 6) is 0. The fourth-order valence-electron chi connectivity index (χ4n) is 3.29. The molecule has 0 unspecified atom stereocenters. The highest BCUT2D eigenvalue weighted by molar-refractivity contribution is 5.92. The van der Waals surface area contributed by atoms with Gasteiger partial charge in [0.05, 0.1) is 5.52 Å². The van der Waals surface area contributed by atoms with Crippen molar-refractivity contribution in [3.8, 4) is 0 Å². The number of nitrogens with one attached hydrogen (secondary N) is 2. The van der Waals surface area contributed by atoms with Gasteiger partial charge >= 0.3 is 0 Å². The normalized spacial score (nSPS) is 11.2. The number of rotatable bonds is 4. The number of nitrogens with zero attached hydrogens (tertiary/aromatic N) is 1. The van der Waals surface area contributed by atoms with Crippen LogP contribution in [-0.2, 0) is 6.42 Å². The average molecular weight is 315 g/mol. The summed E-state index contributed by atoms with van der Waals surface area (Å²) in [6.07, 6.45) is 3.10. The first-order valence-electron chi connectivity index (χ1n) is 8.37. The SMILES string of the molecule is Cc1ccc2nc(C)cc(NCCc3c[nH]c4ccccc34)c2c1. The fourth-order valence-corrected chi connectivity index (χ4v) is 3.29. The van der Waals surface area contributed by atoms with E-state index in [1.54, 1.807) is 0 Å². The monoisotopic (exact) mass is 315 g/mol. The summed E-state index contributed by atoms with van der Waals surface area (Å²) in [7, 11) is 0. The summed E-state index contributed by atoms with van der Waals surface area (Å²) < 4.78 is 0. The van der Waals surface area contributed by atoms with E-state index in [9.17, 15) is 0 Å². The number of fused-ring (bicyclic) bond motifs is 2. The van der Waals surface area contributed by atoms with Crippen LogP contribution < -0.4 is 5.32 Å². The van der Waals surface area contributed by atoms with Crippen molar-refractivity contribution < 1.29 is 0 Å². The lowest BCUT2D eigenvalue weighted by molar-refractivity contribution is 1.03. The van der Waals surface area contributed by atoms with Crippen LogP contribution in [0.15, 0.2) is 54.7 Å². The summed E-state index contributed by atoms with van der Waals surface area (Å²) in [6.45, 7) is 5.06. The second-order valence-electron chi connectivity index (χ2n) is 6.37. The maximum absolute atomic E-state index is 4.63. The van der Waals surface area contributed by atoms with Crippen molar-refractivity contribution in [3.05, 3.63) is 71.5 Å². The van der Waals surface area contributed by atoms with Crippen LogP contribution in [0.3, 0.4) is 0 Å². The van der Waals surface area contributed by atoms with Gasteiger partial charge in [-0.1, -0.05) is 29.8 Å². The first kappa shape index (κ1) is 14.8. The van der Waals surface area contributed by atoms with Gasteiger partial charge in [0, 0.05) is 40.4 Å². The average Bonchev–Trinajstić information content (AvgIpc) is 2.99. The lowest BCUT2D eigenvalue weighted by Gasteiger charge is -2.11. The quantitative estimate of drug-likeness (QED) is 0.557. The molecule has 3 heteroatoms. The van der Waals surface area contributed by atoms with E-state index in [1.807, 2.05) is 6.92 Å². The molecule has 2 aromatic heterocycles. The minimum atomic E-state index is 0.897. The molecule has 0 saturated heterocycles. The van der Waals surface area contributed by atoms with Gasteiger partial charge in [-0.2, -0.15) is 0 Å². The molecule has 120 valence electrons. The van der Waals surface area contributed by atoms with Gasteiger partial charge in [-0.3, -0.25) is 4.98 Å². The number of para-hydroxylation sites is 1. The van der Waals surface area contributed by atoms with Crippen LogP contribution in [0, 0.1) is 13.8 Å². The van der Waals surface area contributed by atoms with Gasteiger partial charge < -0.3 is 10.3 Å². The third-order valence-electron chi connectivity index (χ3n) is 4.48. The third-order valence-corrected chi connectivity index (χ3v) is 4.48. The molecular weight excluding hydrogens is 294 g/mol. The molecule has 0 saturated carbocycles. The van der Waals surface area contributed by atoms with Gasteiger partial charge in [-0.25, -0.2) is 0 Å². The Morgan fingerprint density at radius 3 is 2.79 bits per heavy atom. The predicted octanol–water partition coefficient (Wildman–Crippen LogP) is 4.99. The van der Waals surface area contributed by atoms with E-state index >= 15 is 0 Å². The molecule has 0 radical (unpaired) electrons. The number of pyridine rings is 1. The van der Waals surface area contributed by atoms with E-state index in [4.69, 9.17) is 0 Å². The Hall–Kier alpha value is -2.81. The molecule has 0 atom stereocenters. The molecule has 3 nitrogen and oxygen atoms in total. The Labute approximate surface area is 141 Å². The van der Waals surface area contributed by atoms with Crippen molar-refractivity contribution in [3.63, 3.8) is 0 Å². The third kappa shape index (κ3) is 2.73. The zero-order valence-electron chi connectivity index (χ0n) is 14.1. The molecule has 0 spiro atoms. The van der Waals surface area contributed by atoms with Crippen molar-refractivity contribution >= 4 is 27.5 Å². The summed E-state index contributed by atoms with van der Waals surface area (Å²) in [5.41, 5.74) is 7.07. The van der Waals surface area contributed by atoms with Gasteiger partial charge in [0.25, 0.3) is 0 Å². The van der Waals surface area contributed by atoms with Gasteiger partial charge in [0.1, 0.15) is 0 Å². The van der Waals surface area contributed by atoms with Crippen LogP contribution in [0.2, 0.25) is 0 Å². The smallest absolute Gasteiger partial charge is 0.0726 e. The van der Waals surface area contributed by atoms with Gasteiger partial charge in [0.2, 0.25) is 0 Å². The molecule has 4 rings (SSSR count). The highest BCUT2D eigenvalue weighted by Crippen LogP contribution is 2.25. The molecule has 0 amide bonds. The van der Waals surface area contributed by atoms with Crippen molar-refractivity contribution in [2.75, 3.05) is 11.9 Å². The maximum atomic E-state index is 4.63. The Morgan fingerprint density at radius 2 is 1.88 bits per heavy atom. The zero-order chi connectivity index (χ0) is 16.5. The molecule has 0 aliphatic rings. The minimum absolute atomic E-state index is 0.897. The molecule has 0 aliphatic carbocycles. The van der Waals surface area contributed by atoms with E-state index < -0.39 is 0 Å². The fraction of sp³-hybridized carbons (Fsp3) is 0.190. The first-order chi connectivity index (χ1) is 11.7. The van der Waals surface area contributed by atoms with Gasteiger partial charge in [-0.05, 0) is 50.1 Å². The van der Waals surface area contributed by atoms with Crippen LogP contribution in [0.4, 0.5) is 5.69 Å². The molecular formula is C21H21N3. The summed E-state index contributed by atoms with van der Waals surface area (Å²) in [6, 6.07) is 17.0. The number of anilines is 1. The Kier molecular flexibility index (Phi) is 3.69. The van der Waals surface area contributed by atoms with E-state index in [0.29, 0.717) is 0 Å². The first-order valence-corrected chi connectivity index (χ1v) is 8.37. The van der Waals surface area contributed by atoms with Gasteiger partial charge in [0.15, 0.2) is 0 Å². The van der Waals surface area contributed by atoms with Crippen LogP contribution in [0.25, 0.3) is 21.8 Å². The maximum Gasteiger partial charge on any atom is 0.0726 e. The lowest BCUT2D eigenvalue weighted by Crippen LogP contribution is -2.06. The van der Waals surface area contributed by atoms with Gasteiger partial charge in [-0.15, -0.1) is 0 Å². The number of H-pyrrole nitrogens is 1. The molecule has 24 heavy (non-hydrogen) atoms. The number of aryl methyl sites for hydroxylation is 2. The Morgan fingerprint density at radius 1 is 1.00 bits per heavy atom. The number of hydrogen-bond acceptors (Lipinski definition) is 2. The Balaban J connectivity index is 1.57. The number of benzene rings is 2. The zero-order valence-corrected chi connectivity index (χ0v) is 14.1. The van der Waals surface area contributed by atoms with Crippen LogP contribution in [-0.4, -0.2) is 16.5 Å². The molecule has 0 bridgehead atoms. The number of aromatic nitrogens is 2.